The Morgan fingerprint density at radius 1 is 1.06 bits per heavy atom. The molecule has 11 heteroatoms. The number of ether oxygens (including phenoxy) is 3. The number of nitro benzene ring substituents is 1. The second-order valence-corrected chi connectivity index (χ2v) is 9.45. The standard InChI is InChI=1S/C21H22N2O8S/c24-21(31-14-15-1-3-17(4-2-15)23(25)26)16-7-9-22(10-8-16)32(27,28)18-5-6-19-20(13-18)30-12-11-29-19/h1-6,13,16H,7-12,14H2. The van der Waals surface area contributed by atoms with Crippen molar-refractivity contribution in [2.45, 2.75) is 24.3 Å². The highest BCUT2D eigenvalue weighted by Crippen LogP contribution is 2.34. The van der Waals surface area contributed by atoms with Crippen LogP contribution in [-0.4, -0.2) is 49.9 Å². The van der Waals surface area contributed by atoms with Crippen molar-refractivity contribution in [3.05, 3.63) is 58.1 Å². The molecule has 4 rings (SSSR count). The molecule has 0 bridgehead atoms. The van der Waals surface area contributed by atoms with Gasteiger partial charge >= 0.3 is 5.97 Å². The van der Waals surface area contributed by atoms with Crippen LogP contribution in [0.25, 0.3) is 0 Å². The van der Waals surface area contributed by atoms with E-state index in [4.69, 9.17) is 14.2 Å². The second-order valence-electron chi connectivity index (χ2n) is 7.52. The molecule has 0 unspecified atom stereocenters. The van der Waals surface area contributed by atoms with E-state index in [0.29, 0.717) is 43.1 Å². The molecule has 0 aromatic heterocycles. The van der Waals surface area contributed by atoms with E-state index in [1.807, 2.05) is 0 Å². The Bertz CT molecular complexity index is 1110. The molecule has 1 fully saturated rings. The fraction of sp³-hybridized carbons (Fsp3) is 0.381. The van der Waals surface area contributed by atoms with Gasteiger partial charge in [0.2, 0.25) is 10.0 Å². The van der Waals surface area contributed by atoms with E-state index in [-0.39, 0.29) is 30.3 Å². The molecule has 2 aliphatic rings. The predicted molar refractivity (Wildman–Crippen MR) is 112 cm³/mol. The number of sulfonamides is 1. The summed E-state index contributed by atoms with van der Waals surface area (Å²) in [6.07, 6.45) is 0.700. The molecule has 2 aromatic rings. The van der Waals surface area contributed by atoms with E-state index < -0.39 is 26.8 Å². The summed E-state index contributed by atoms with van der Waals surface area (Å²) in [6, 6.07) is 10.3. The van der Waals surface area contributed by atoms with E-state index in [0.717, 1.165) is 0 Å². The first-order valence-electron chi connectivity index (χ1n) is 10.1. The fourth-order valence-electron chi connectivity index (χ4n) is 3.65. The van der Waals surface area contributed by atoms with Gasteiger partial charge in [-0.15, -0.1) is 0 Å². The Labute approximate surface area is 184 Å². The van der Waals surface area contributed by atoms with Gasteiger partial charge < -0.3 is 14.2 Å². The Morgan fingerprint density at radius 3 is 2.38 bits per heavy atom. The minimum Gasteiger partial charge on any atom is -0.486 e. The van der Waals surface area contributed by atoms with Gasteiger partial charge in [0.15, 0.2) is 11.5 Å². The van der Waals surface area contributed by atoms with Crippen molar-refractivity contribution in [2.24, 2.45) is 5.92 Å². The number of rotatable bonds is 6. The van der Waals surface area contributed by atoms with Crippen molar-refractivity contribution in [3.63, 3.8) is 0 Å². The summed E-state index contributed by atoms with van der Waals surface area (Å²) in [6.45, 7) is 1.20. The molecule has 0 atom stereocenters. The number of carbonyl (C=O) groups excluding carboxylic acids is 1. The average molecular weight is 462 g/mol. The summed E-state index contributed by atoms with van der Waals surface area (Å²) in [5.41, 5.74) is 0.606. The number of fused-ring (bicyclic) bond motifs is 1. The summed E-state index contributed by atoms with van der Waals surface area (Å²) < 4.78 is 43.6. The van der Waals surface area contributed by atoms with Gasteiger partial charge in [-0.05, 0) is 42.7 Å². The lowest BCUT2D eigenvalue weighted by atomic mass is 9.98. The highest BCUT2D eigenvalue weighted by Gasteiger charge is 2.33. The number of nitro groups is 1. The molecular formula is C21H22N2O8S. The smallest absolute Gasteiger partial charge is 0.309 e. The van der Waals surface area contributed by atoms with Crippen LogP contribution in [0.3, 0.4) is 0 Å². The van der Waals surface area contributed by atoms with Gasteiger partial charge in [0.1, 0.15) is 19.8 Å². The van der Waals surface area contributed by atoms with Crippen LogP contribution >= 0.6 is 0 Å². The van der Waals surface area contributed by atoms with Crippen LogP contribution in [-0.2, 0) is 26.2 Å². The van der Waals surface area contributed by atoms with Crippen molar-refractivity contribution in [1.82, 2.24) is 4.31 Å². The molecule has 0 spiro atoms. The number of esters is 1. The molecule has 0 amide bonds. The molecule has 2 aliphatic heterocycles. The zero-order valence-electron chi connectivity index (χ0n) is 17.1. The van der Waals surface area contributed by atoms with Crippen LogP contribution in [0.1, 0.15) is 18.4 Å². The molecular weight excluding hydrogens is 440 g/mol. The number of benzene rings is 2. The van der Waals surface area contributed by atoms with Gasteiger partial charge in [-0.25, -0.2) is 8.42 Å². The van der Waals surface area contributed by atoms with Crippen LogP contribution in [0, 0.1) is 16.0 Å². The number of hydrogen-bond acceptors (Lipinski definition) is 8. The fourth-order valence-corrected chi connectivity index (χ4v) is 5.14. The van der Waals surface area contributed by atoms with E-state index in [9.17, 15) is 23.3 Å². The number of nitrogens with zero attached hydrogens (tertiary/aromatic N) is 2. The minimum atomic E-state index is -3.72. The third-order valence-electron chi connectivity index (χ3n) is 5.47. The largest absolute Gasteiger partial charge is 0.486 e. The quantitative estimate of drug-likeness (QED) is 0.364. The Morgan fingerprint density at radius 2 is 1.72 bits per heavy atom. The first kappa shape index (κ1) is 22.0. The van der Waals surface area contributed by atoms with Gasteiger partial charge in [-0.2, -0.15) is 4.31 Å². The van der Waals surface area contributed by atoms with Crippen molar-refractivity contribution in [2.75, 3.05) is 26.3 Å². The maximum absolute atomic E-state index is 13.0. The summed E-state index contributed by atoms with van der Waals surface area (Å²) in [4.78, 5) is 22.7. The summed E-state index contributed by atoms with van der Waals surface area (Å²) in [5.74, 6) is 0.117. The van der Waals surface area contributed by atoms with E-state index in [1.54, 1.807) is 6.07 Å². The number of piperidine rings is 1. The number of hydrogen-bond donors (Lipinski definition) is 0. The molecule has 170 valence electrons. The molecule has 32 heavy (non-hydrogen) atoms. The lowest BCUT2D eigenvalue weighted by molar-refractivity contribution is -0.384. The Kier molecular flexibility index (Phi) is 6.28. The van der Waals surface area contributed by atoms with Crippen molar-refractivity contribution < 1.29 is 32.3 Å². The van der Waals surface area contributed by atoms with E-state index in [2.05, 4.69) is 0 Å². The van der Waals surface area contributed by atoms with Crippen LogP contribution < -0.4 is 9.47 Å². The predicted octanol–water partition coefficient (Wildman–Crippen LogP) is 2.51. The summed E-state index contributed by atoms with van der Waals surface area (Å²) >= 11 is 0. The molecule has 2 heterocycles. The van der Waals surface area contributed by atoms with Gasteiger partial charge in [-0.1, -0.05) is 0 Å². The highest BCUT2D eigenvalue weighted by molar-refractivity contribution is 7.89. The maximum Gasteiger partial charge on any atom is 0.309 e. The van der Waals surface area contributed by atoms with Gasteiger partial charge in [0, 0.05) is 31.3 Å². The molecule has 0 saturated carbocycles. The second kappa shape index (κ2) is 9.13. The van der Waals surface area contributed by atoms with E-state index >= 15 is 0 Å². The lowest BCUT2D eigenvalue weighted by Gasteiger charge is -2.30. The topological polar surface area (TPSA) is 125 Å². The van der Waals surface area contributed by atoms with Crippen molar-refractivity contribution >= 4 is 21.7 Å². The third-order valence-corrected chi connectivity index (χ3v) is 7.36. The Hall–Kier alpha value is -3.18. The van der Waals surface area contributed by atoms with Gasteiger partial charge in [0.05, 0.1) is 15.7 Å². The SMILES string of the molecule is O=C(OCc1ccc([N+](=O)[O-])cc1)C1CCN(S(=O)(=O)c2ccc3c(c2)OCCO3)CC1. The number of carbonyl (C=O) groups is 1. The van der Waals surface area contributed by atoms with Gasteiger partial charge in [-0.3, -0.25) is 14.9 Å². The number of non-ortho nitro benzene ring substituents is 1. The highest BCUT2D eigenvalue weighted by atomic mass is 32.2. The molecule has 0 N–H and O–H groups in total. The van der Waals surface area contributed by atoms with Crippen LogP contribution in [0.5, 0.6) is 11.5 Å². The van der Waals surface area contributed by atoms with Crippen molar-refractivity contribution in [1.29, 1.82) is 0 Å². The zero-order valence-corrected chi connectivity index (χ0v) is 18.0. The first-order valence-corrected chi connectivity index (χ1v) is 11.6. The summed E-state index contributed by atoms with van der Waals surface area (Å²) in [5, 5.41) is 10.7. The summed E-state index contributed by atoms with van der Waals surface area (Å²) in [7, 11) is -3.72. The molecule has 0 aliphatic carbocycles. The minimum absolute atomic E-state index is 0.00649. The normalized spacial score (nSPS) is 17.0. The van der Waals surface area contributed by atoms with E-state index in [1.165, 1.54) is 40.7 Å². The Balaban J connectivity index is 1.32. The molecule has 0 radical (unpaired) electrons. The monoisotopic (exact) mass is 462 g/mol. The first-order chi connectivity index (χ1) is 15.3. The maximum atomic E-state index is 13.0. The zero-order chi connectivity index (χ0) is 22.7. The van der Waals surface area contributed by atoms with Crippen LogP contribution in [0.2, 0.25) is 0 Å². The molecule has 10 nitrogen and oxygen atoms in total. The van der Waals surface area contributed by atoms with Gasteiger partial charge in [0.25, 0.3) is 5.69 Å². The van der Waals surface area contributed by atoms with Crippen LogP contribution in [0.15, 0.2) is 47.4 Å². The average Bonchev–Trinajstić information content (AvgIpc) is 2.82. The lowest BCUT2D eigenvalue weighted by Crippen LogP contribution is -2.40. The van der Waals surface area contributed by atoms with Crippen molar-refractivity contribution in [3.8, 4) is 11.5 Å². The third kappa shape index (κ3) is 4.68. The van der Waals surface area contributed by atoms with Crippen LogP contribution in [0.4, 0.5) is 5.69 Å². The molecule has 1 saturated heterocycles. The molecule has 2 aromatic carbocycles.